The summed E-state index contributed by atoms with van der Waals surface area (Å²) in [7, 11) is 0. The van der Waals surface area contributed by atoms with Crippen LogP contribution in [0.1, 0.15) is 31.4 Å². The molecule has 0 spiro atoms. The monoisotopic (exact) mass is 385 g/mol. The van der Waals surface area contributed by atoms with E-state index in [4.69, 9.17) is 0 Å². The number of rotatable bonds is 3. The lowest BCUT2D eigenvalue weighted by Crippen LogP contribution is -2.21. The molecule has 0 heterocycles. The van der Waals surface area contributed by atoms with Gasteiger partial charge in [0.05, 0.1) is 0 Å². The van der Waals surface area contributed by atoms with Gasteiger partial charge >= 0.3 is 0 Å². The van der Waals surface area contributed by atoms with E-state index in [9.17, 15) is 1.37 Å². The average Bonchev–Trinajstić information content (AvgIpc) is 3.35. The van der Waals surface area contributed by atoms with Crippen LogP contribution in [0.15, 0.2) is 115 Å². The fraction of sp³-hybridized carbons (Fsp3) is 0.133. The highest BCUT2D eigenvalue weighted by molar-refractivity contribution is 5.86. The van der Waals surface area contributed by atoms with E-state index in [-0.39, 0.29) is 17.2 Å². The fourth-order valence-corrected chi connectivity index (χ4v) is 5.29. The van der Waals surface area contributed by atoms with Crippen LogP contribution in [0.25, 0.3) is 21.5 Å². The lowest BCUT2D eigenvalue weighted by Gasteiger charge is -2.26. The quantitative estimate of drug-likeness (QED) is 0.299. The molecule has 1 fully saturated rings. The first-order valence-electron chi connectivity index (χ1n) is 11.2. The minimum atomic E-state index is -0.386. The lowest BCUT2D eigenvalue weighted by molar-refractivity contribution is 0.654. The van der Waals surface area contributed by atoms with Crippen LogP contribution in [0, 0.1) is 0 Å². The minimum Gasteiger partial charge on any atom is -0.0622 e. The summed E-state index contributed by atoms with van der Waals surface area (Å²) in [5, 5.41) is 4.94. The third-order valence-electron chi connectivity index (χ3n) is 7.02. The molecular weight excluding hydrogens is 360 g/mol. The van der Waals surface area contributed by atoms with Crippen molar-refractivity contribution in [3.63, 3.8) is 0 Å². The first-order valence-corrected chi connectivity index (χ1v) is 10.6. The summed E-state index contributed by atoms with van der Waals surface area (Å²) < 4.78 is 9.38. The number of hydrogen-bond donors (Lipinski definition) is 0. The number of fused-ring (bicyclic) bond motifs is 2. The molecule has 30 heavy (non-hydrogen) atoms. The third-order valence-corrected chi connectivity index (χ3v) is 7.02. The van der Waals surface area contributed by atoms with Gasteiger partial charge in [-0.2, -0.15) is 0 Å². The number of benzene rings is 5. The molecule has 0 saturated heterocycles. The Balaban J connectivity index is 1.64. The van der Waals surface area contributed by atoms with Crippen LogP contribution in [0.2, 0.25) is 0 Å². The Bertz CT molecular complexity index is 1340. The Hall–Kier alpha value is -3.38. The molecule has 2 atom stereocenters. The highest BCUT2D eigenvalue weighted by atomic mass is 14.7. The van der Waals surface area contributed by atoms with Crippen LogP contribution in [0.3, 0.4) is 0 Å². The zero-order chi connectivity index (χ0) is 21.1. The largest absolute Gasteiger partial charge is 0.0622 e. The van der Waals surface area contributed by atoms with Crippen LogP contribution < -0.4 is 0 Å². The SMILES string of the molecule is [2H][C@H]1C(c2ccc3ccccc3c2)(c2ccc3ccccc3c2)[C@@]1(C)c1ccccc1. The number of hydrogen-bond acceptors (Lipinski definition) is 0. The van der Waals surface area contributed by atoms with Crippen LogP contribution in [-0.4, -0.2) is 0 Å². The van der Waals surface area contributed by atoms with E-state index in [1.165, 1.54) is 38.2 Å². The van der Waals surface area contributed by atoms with Crippen LogP contribution in [0.5, 0.6) is 0 Å². The highest BCUT2D eigenvalue weighted by Gasteiger charge is 2.66. The molecule has 0 unspecified atom stereocenters. The topological polar surface area (TPSA) is 0 Å². The summed E-state index contributed by atoms with van der Waals surface area (Å²) in [4.78, 5) is 0. The summed E-state index contributed by atoms with van der Waals surface area (Å²) in [6, 6.07) is 41.2. The first-order chi connectivity index (χ1) is 15.2. The van der Waals surface area contributed by atoms with Crippen molar-refractivity contribution in [3.8, 4) is 0 Å². The molecule has 6 rings (SSSR count). The smallest absolute Gasteiger partial charge is 0.0306 e. The Morgan fingerprint density at radius 3 is 1.53 bits per heavy atom. The van der Waals surface area contributed by atoms with Crippen molar-refractivity contribution in [2.24, 2.45) is 0 Å². The second-order valence-electron chi connectivity index (χ2n) is 8.64. The van der Waals surface area contributed by atoms with Gasteiger partial charge in [0.1, 0.15) is 0 Å². The van der Waals surface area contributed by atoms with Crippen LogP contribution in [-0.2, 0) is 10.8 Å². The molecule has 0 radical (unpaired) electrons. The molecule has 1 aliphatic carbocycles. The van der Waals surface area contributed by atoms with Gasteiger partial charge in [-0.3, -0.25) is 0 Å². The molecule has 5 aromatic carbocycles. The molecule has 0 bridgehead atoms. The molecule has 0 aliphatic heterocycles. The van der Waals surface area contributed by atoms with E-state index < -0.39 is 0 Å². The Kier molecular flexibility index (Phi) is 3.45. The average molecular weight is 386 g/mol. The van der Waals surface area contributed by atoms with Gasteiger partial charge in [-0.1, -0.05) is 122 Å². The van der Waals surface area contributed by atoms with Gasteiger partial charge in [-0.05, 0) is 44.6 Å². The minimum absolute atomic E-state index is 0.260. The van der Waals surface area contributed by atoms with E-state index >= 15 is 0 Å². The van der Waals surface area contributed by atoms with E-state index in [0.717, 1.165) is 0 Å². The van der Waals surface area contributed by atoms with Crippen LogP contribution in [0.4, 0.5) is 0 Å². The molecule has 0 nitrogen and oxygen atoms in total. The van der Waals surface area contributed by atoms with Gasteiger partial charge in [0.2, 0.25) is 0 Å². The maximum atomic E-state index is 9.38. The van der Waals surface area contributed by atoms with E-state index in [2.05, 4.69) is 122 Å². The predicted molar refractivity (Wildman–Crippen MR) is 127 cm³/mol. The lowest BCUT2D eigenvalue weighted by atomic mass is 9.77. The second-order valence-corrected chi connectivity index (χ2v) is 8.64. The molecule has 1 aliphatic rings. The molecular formula is C30H24. The third kappa shape index (κ3) is 2.40. The molecule has 0 N–H and O–H groups in total. The summed E-state index contributed by atoms with van der Waals surface area (Å²) >= 11 is 0. The Morgan fingerprint density at radius 1 is 0.533 bits per heavy atom. The molecule has 1 saturated carbocycles. The first kappa shape index (κ1) is 16.4. The molecule has 0 amide bonds. The van der Waals surface area contributed by atoms with Crippen molar-refractivity contribution in [2.75, 3.05) is 0 Å². The molecule has 0 aromatic heterocycles. The molecule has 0 heteroatoms. The normalized spacial score (nSPS) is 22.7. The molecule has 5 aromatic rings. The van der Waals surface area contributed by atoms with E-state index in [0.29, 0.717) is 0 Å². The maximum absolute atomic E-state index is 9.38. The predicted octanol–water partition coefficient (Wildman–Crippen LogP) is 7.64. The second kappa shape index (κ2) is 6.31. The van der Waals surface area contributed by atoms with Gasteiger partial charge in [0.25, 0.3) is 0 Å². The summed E-state index contributed by atoms with van der Waals surface area (Å²) in [5.74, 6) is 0. The van der Waals surface area contributed by atoms with Gasteiger partial charge in [-0.25, -0.2) is 0 Å². The van der Waals surface area contributed by atoms with Gasteiger partial charge in [0, 0.05) is 12.2 Å². The highest BCUT2D eigenvalue weighted by Crippen LogP contribution is 2.68. The zero-order valence-electron chi connectivity index (χ0n) is 18.0. The van der Waals surface area contributed by atoms with Crippen molar-refractivity contribution in [1.82, 2.24) is 0 Å². The summed E-state index contributed by atoms with van der Waals surface area (Å²) in [6.45, 7) is 2.27. The summed E-state index contributed by atoms with van der Waals surface area (Å²) in [5.41, 5.74) is 3.01. The van der Waals surface area contributed by atoms with Gasteiger partial charge in [-0.15, -0.1) is 0 Å². The van der Waals surface area contributed by atoms with Crippen molar-refractivity contribution < 1.29 is 1.37 Å². The zero-order valence-corrected chi connectivity index (χ0v) is 17.0. The molecule has 144 valence electrons. The van der Waals surface area contributed by atoms with Crippen molar-refractivity contribution in [2.45, 2.75) is 24.2 Å². The maximum Gasteiger partial charge on any atom is 0.0306 e. The van der Waals surface area contributed by atoms with E-state index in [1.54, 1.807) is 0 Å². The Labute approximate surface area is 179 Å². The Morgan fingerprint density at radius 2 is 1.00 bits per heavy atom. The standard InChI is InChI=1S/C30H24/c1-29(26-13-3-2-4-14-26)21-30(29,27-17-15-22-9-5-7-11-24(22)19-27)28-18-16-23-10-6-8-12-25(23)20-28/h2-20H,21H2,1H3/t29-/m1/s1/i21D/t21-,29-. The van der Waals surface area contributed by atoms with Gasteiger partial charge in [0.15, 0.2) is 0 Å². The fourth-order valence-electron chi connectivity index (χ4n) is 5.29. The van der Waals surface area contributed by atoms with Gasteiger partial charge < -0.3 is 0 Å². The van der Waals surface area contributed by atoms with Crippen molar-refractivity contribution in [3.05, 3.63) is 132 Å². The van der Waals surface area contributed by atoms with Crippen molar-refractivity contribution >= 4 is 21.5 Å². The van der Waals surface area contributed by atoms with Crippen LogP contribution >= 0.6 is 0 Å². The van der Waals surface area contributed by atoms with E-state index in [1.807, 2.05) is 0 Å². The van der Waals surface area contributed by atoms with Crippen molar-refractivity contribution in [1.29, 1.82) is 0 Å². The summed E-state index contributed by atoms with van der Waals surface area (Å²) in [6.07, 6.45) is -0.260.